The number of pyridine rings is 1. The maximum atomic E-state index is 11.2. The predicted molar refractivity (Wildman–Crippen MR) is 56.3 cm³/mol. The lowest BCUT2D eigenvalue weighted by Crippen LogP contribution is -3.00. The molecule has 0 atom stereocenters. The minimum Gasteiger partial charge on any atom is -1.00 e. The highest BCUT2D eigenvalue weighted by atomic mass is 35.5. The van der Waals surface area contributed by atoms with E-state index in [-0.39, 0.29) is 24.7 Å². The number of carbonyl (C=O) groups is 1. The van der Waals surface area contributed by atoms with E-state index in [2.05, 4.69) is 0 Å². The van der Waals surface area contributed by atoms with Crippen LogP contribution in [0.5, 0.6) is 0 Å². The van der Waals surface area contributed by atoms with E-state index in [4.69, 9.17) is 28.9 Å². The van der Waals surface area contributed by atoms with Crippen LogP contribution in [0.15, 0.2) is 18.3 Å². The molecular weight excluding hydrogens is 258 g/mol. The van der Waals surface area contributed by atoms with Gasteiger partial charge in [-0.1, -0.05) is 23.2 Å². The molecule has 0 unspecified atom stereocenters. The number of halogens is 3. The summed E-state index contributed by atoms with van der Waals surface area (Å²) in [5.74, 6) is 0.244. The molecule has 0 radical (unpaired) electrons. The summed E-state index contributed by atoms with van der Waals surface area (Å²) >= 11 is 10.9. The van der Waals surface area contributed by atoms with Crippen molar-refractivity contribution in [3.63, 3.8) is 0 Å². The second-order valence-corrected chi connectivity index (χ2v) is 4.12. The first-order valence-corrected chi connectivity index (χ1v) is 4.94. The van der Waals surface area contributed by atoms with E-state index in [1.165, 1.54) is 0 Å². The molecule has 1 aromatic rings. The third-order valence-electron chi connectivity index (χ3n) is 1.78. The molecule has 0 saturated heterocycles. The first kappa shape index (κ1) is 14.5. The van der Waals surface area contributed by atoms with Gasteiger partial charge < -0.3 is 12.4 Å². The molecule has 1 rings (SSSR count). The average Bonchev–Trinajstić information content (AvgIpc) is 2.11. The van der Waals surface area contributed by atoms with Crippen LogP contribution in [-0.4, -0.2) is 10.6 Å². The lowest BCUT2D eigenvalue weighted by atomic mass is 10.3. The van der Waals surface area contributed by atoms with Crippen LogP contribution in [0.25, 0.3) is 0 Å². The summed E-state index contributed by atoms with van der Waals surface area (Å²) in [4.78, 5) is 10.2. The Balaban J connectivity index is 0.00000196. The van der Waals surface area contributed by atoms with Gasteiger partial charge >= 0.3 is 0 Å². The van der Waals surface area contributed by atoms with E-state index in [1.807, 2.05) is 13.0 Å². The number of nitrogen functional groups attached to an aromatic ring is 1. The number of aromatic nitrogens is 1. The predicted octanol–water partition coefficient (Wildman–Crippen LogP) is -1.76. The molecule has 0 spiro atoms. The number of anilines is 1. The van der Waals surface area contributed by atoms with Gasteiger partial charge in [-0.3, -0.25) is 10.5 Å². The first-order chi connectivity index (χ1) is 6.50. The summed E-state index contributed by atoms with van der Waals surface area (Å²) < 4.78 is 1.62. The molecule has 84 valence electrons. The molecule has 0 aliphatic carbocycles. The van der Waals surface area contributed by atoms with Gasteiger partial charge in [0.15, 0.2) is 11.4 Å². The Labute approximate surface area is 105 Å². The molecule has 6 heteroatoms. The van der Waals surface area contributed by atoms with Crippen LogP contribution >= 0.6 is 23.2 Å². The van der Waals surface area contributed by atoms with E-state index in [0.29, 0.717) is 5.82 Å². The highest BCUT2D eigenvalue weighted by Gasteiger charge is 2.16. The topological polar surface area (TPSA) is 47.0 Å². The number of ketones is 1. The monoisotopic (exact) mass is 268 g/mol. The Morgan fingerprint density at radius 1 is 1.53 bits per heavy atom. The van der Waals surface area contributed by atoms with E-state index in [1.54, 1.807) is 16.8 Å². The quantitative estimate of drug-likeness (QED) is 0.522. The number of Topliss-reactive ketones (excluding diaryl/α,β-unsaturated/α-hetero) is 1. The number of carbonyl (C=O) groups excluding carboxylic acids is 1. The van der Waals surface area contributed by atoms with Crippen molar-refractivity contribution >= 4 is 34.8 Å². The number of rotatable bonds is 3. The van der Waals surface area contributed by atoms with Crippen LogP contribution in [0.3, 0.4) is 0 Å². The van der Waals surface area contributed by atoms with E-state index in [0.717, 1.165) is 5.56 Å². The second-order valence-electron chi connectivity index (χ2n) is 3.03. The number of nitrogens with two attached hydrogens (primary N) is 1. The third kappa shape index (κ3) is 4.24. The van der Waals surface area contributed by atoms with Crippen molar-refractivity contribution in [3.05, 3.63) is 23.9 Å². The summed E-state index contributed by atoms with van der Waals surface area (Å²) in [6, 6.07) is 3.61. The van der Waals surface area contributed by atoms with Gasteiger partial charge in [-0.2, -0.15) is 0 Å². The van der Waals surface area contributed by atoms with Gasteiger partial charge in [-0.15, -0.1) is 0 Å². The molecule has 0 amide bonds. The first-order valence-electron chi connectivity index (χ1n) is 4.07. The van der Waals surface area contributed by atoms with Crippen molar-refractivity contribution in [2.45, 2.75) is 18.3 Å². The maximum Gasteiger partial charge on any atom is 0.272 e. The lowest BCUT2D eigenvalue weighted by molar-refractivity contribution is -0.670. The van der Waals surface area contributed by atoms with Gasteiger partial charge in [0, 0.05) is 6.07 Å². The van der Waals surface area contributed by atoms with Crippen molar-refractivity contribution in [2.24, 2.45) is 0 Å². The van der Waals surface area contributed by atoms with Gasteiger partial charge in [-0.25, -0.2) is 4.57 Å². The lowest BCUT2D eigenvalue weighted by Gasteiger charge is -2.03. The Morgan fingerprint density at radius 3 is 2.67 bits per heavy atom. The van der Waals surface area contributed by atoms with Crippen molar-refractivity contribution in [1.29, 1.82) is 0 Å². The van der Waals surface area contributed by atoms with Gasteiger partial charge in [0.1, 0.15) is 0 Å². The molecule has 0 fully saturated rings. The van der Waals surface area contributed by atoms with E-state index < -0.39 is 4.84 Å². The zero-order valence-electron chi connectivity index (χ0n) is 8.08. The summed E-state index contributed by atoms with van der Waals surface area (Å²) in [5.41, 5.74) is 6.68. The van der Waals surface area contributed by atoms with Gasteiger partial charge in [-0.05, 0) is 18.6 Å². The van der Waals surface area contributed by atoms with Crippen LogP contribution in [0.2, 0.25) is 0 Å². The van der Waals surface area contributed by atoms with E-state index in [9.17, 15) is 4.79 Å². The van der Waals surface area contributed by atoms with Crippen molar-refractivity contribution in [2.75, 3.05) is 5.73 Å². The van der Waals surface area contributed by atoms with Crippen LogP contribution in [0.1, 0.15) is 5.56 Å². The number of hydrogen-bond acceptors (Lipinski definition) is 2. The Bertz CT molecular complexity index is 355. The fraction of sp³-hybridized carbons (Fsp3) is 0.333. The zero-order valence-corrected chi connectivity index (χ0v) is 10.4. The fourth-order valence-electron chi connectivity index (χ4n) is 1.05. The van der Waals surface area contributed by atoms with Gasteiger partial charge in [0.2, 0.25) is 5.78 Å². The molecule has 0 saturated carbocycles. The fourth-order valence-corrected chi connectivity index (χ4v) is 1.19. The number of aryl methyl sites for hydroxylation is 1. The average molecular weight is 270 g/mol. The summed E-state index contributed by atoms with van der Waals surface area (Å²) in [5, 5.41) is 0. The van der Waals surface area contributed by atoms with Gasteiger partial charge in [0.25, 0.3) is 5.82 Å². The minimum absolute atomic E-state index is 0. The Kier molecular flexibility index (Phi) is 5.95. The smallest absolute Gasteiger partial charge is 0.272 e. The van der Waals surface area contributed by atoms with Crippen LogP contribution in [-0.2, 0) is 11.3 Å². The SMILES string of the molecule is Cc1ccc(N)[n+](CC(=O)C(Cl)Cl)c1.[Cl-]. The molecular formula is C9H11Cl3N2O. The van der Waals surface area contributed by atoms with E-state index >= 15 is 0 Å². The normalized spacial score (nSPS) is 9.87. The molecule has 0 bridgehead atoms. The third-order valence-corrected chi connectivity index (χ3v) is 2.26. The summed E-state index contributed by atoms with van der Waals surface area (Å²) in [6.45, 7) is 2.02. The molecule has 1 heterocycles. The number of alkyl halides is 2. The molecule has 15 heavy (non-hydrogen) atoms. The molecule has 1 aromatic heterocycles. The molecule has 2 N–H and O–H groups in total. The molecule has 3 nitrogen and oxygen atoms in total. The number of hydrogen-bond donors (Lipinski definition) is 1. The largest absolute Gasteiger partial charge is 1.00 e. The Morgan fingerprint density at radius 2 is 2.13 bits per heavy atom. The van der Waals surface area contributed by atoms with Crippen molar-refractivity contribution in [3.8, 4) is 0 Å². The maximum absolute atomic E-state index is 11.2. The van der Waals surface area contributed by atoms with Crippen LogP contribution in [0, 0.1) is 6.92 Å². The highest BCUT2D eigenvalue weighted by Crippen LogP contribution is 2.04. The zero-order chi connectivity index (χ0) is 10.7. The minimum atomic E-state index is -0.998. The Hall–Kier alpha value is -0.510. The van der Waals surface area contributed by atoms with Gasteiger partial charge in [0.05, 0.1) is 6.20 Å². The number of nitrogens with zero attached hydrogens (tertiary/aromatic N) is 1. The molecule has 0 aromatic carbocycles. The second kappa shape index (κ2) is 6.16. The van der Waals surface area contributed by atoms with Crippen molar-refractivity contribution < 1.29 is 21.8 Å². The highest BCUT2D eigenvalue weighted by molar-refractivity contribution is 6.53. The van der Waals surface area contributed by atoms with Crippen LogP contribution in [0.4, 0.5) is 5.82 Å². The summed E-state index contributed by atoms with van der Waals surface area (Å²) in [6.07, 6.45) is 1.78. The summed E-state index contributed by atoms with van der Waals surface area (Å²) in [7, 11) is 0. The molecule has 0 aliphatic heterocycles. The van der Waals surface area contributed by atoms with Crippen LogP contribution < -0.4 is 22.7 Å². The standard InChI is InChI=1S/C9H10Cl2N2O.ClH/c1-6-2-3-8(12)13(4-6)5-7(14)9(10)11;/h2-4,9,12H,5H2,1H3;1H. The molecule has 0 aliphatic rings. The van der Waals surface area contributed by atoms with Crippen molar-refractivity contribution in [1.82, 2.24) is 0 Å².